The number of hydrogen-bond donors (Lipinski definition) is 0. The van der Waals surface area contributed by atoms with Gasteiger partial charge in [0.2, 0.25) is 0 Å². The zero-order valence-electron chi connectivity index (χ0n) is 20.0. The van der Waals surface area contributed by atoms with E-state index in [-0.39, 0.29) is 22.7 Å². The molecule has 180 valence electrons. The van der Waals surface area contributed by atoms with Crippen LogP contribution in [0.25, 0.3) is 0 Å². The summed E-state index contributed by atoms with van der Waals surface area (Å²) in [7, 11) is 0. The molecule has 33 heavy (non-hydrogen) atoms. The molecule has 2 rings (SSSR count). The molecule has 0 saturated carbocycles. The molecule has 1 aliphatic heterocycles. The first kappa shape index (κ1) is 27.0. The summed E-state index contributed by atoms with van der Waals surface area (Å²) in [5.74, 6) is -0.238. The largest absolute Gasteiger partial charge is 0.290 e. The van der Waals surface area contributed by atoms with E-state index in [2.05, 4.69) is 33.6 Å². The van der Waals surface area contributed by atoms with E-state index in [0.29, 0.717) is 12.2 Å². The fourth-order valence-corrected chi connectivity index (χ4v) is 4.37. The lowest BCUT2D eigenvalue weighted by Crippen LogP contribution is -2.33. The van der Waals surface area contributed by atoms with Gasteiger partial charge in [0.25, 0.3) is 0 Å². The number of halogens is 3. The first-order valence-corrected chi connectivity index (χ1v) is 12.2. The smallest absolute Gasteiger partial charge is 0.156 e. The van der Waals surface area contributed by atoms with E-state index in [0.717, 1.165) is 56.2 Å². The van der Waals surface area contributed by atoms with Gasteiger partial charge in [-0.25, -0.2) is 18.8 Å². The quantitative estimate of drug-likeness (QED) is 0.114. The Morgan fingerprint density at radius 2 is 2.06 bits per heavy atom. The topological polar surface area (TPSA) is 49.4 Å². The third kappa shape index (κ3) is 7.39. The molecule has 1 aromatic rings. The predicted molar refractivity (Wildman–Crippen MR) is 138 cm³/mol. The molecule has 1 heterocycles. The molecule has 0 aliphatic carbocycles. The van der Waals surface area contributed by atoms with E-state index in [1.54, 1.807) is 12.1 Å². The number of unbranched alkanes of at least 4 members (excludes halogenated alkanes) is 1. The van der Waals surface area contributed by atoms with Crippen molar-refractivity contribution in [3.05, 3.63) is 46.5 Å². The third-order valence-corrected chi connectivity index (χ3v) is 6.16. The SMILES string of the molecule is C=NC(/N=C/c1cccc(C(C)F)c1F)=C(CC)\C(CCCCC1(CCC)CC=N1)=N/CCl. The average Bonchev–Trinajstić information content (AvgIpc) is 2.77. The molecule has 0 saturated heterocycles. The first-order chi connectivity index (χ1) is 15.9. The number of rotatable bonds is 14. The van der Waals surface area contributed by atoms with Crippen LogP contribution in [0.5, 0.6) is 0 Å². The second kappa shape index (κ2) is 13.5. The Morgan fingerprint density at radius 1 is 1.30 bits per heavy atom. The van der Waals surface area contributed by atoms with Crippen molar-refractivity contribution in [2.75, 3.05) is 6.00 Å². The number of benzene rings is 1. The summed E-state index contributed by atoms with van der Waals surface area (Å²) in [6.45, 7) is 9.14. The minimum Gasteiger partial charge on any atom is -0.290 e. The fraction of sp³-hybridized carbons (Fsp3) is 0.538. The van der Waals surface area contributed by atoms with E-state index >= 15 is 0 Å². The van der Waals surface area contributed by atoms with E-state index < -0.39 is 12.0 Å². The van der Waals surface area contributed by atoms with Crippen LogP contribution in [0.15, 0.2) is 49.6 Å². The molecular weight excluding hydrogens is 442 g/mol. The minimum absolute atomic E-state index is 0.00721. The molecule has 0 fully saturated rings. The number of aliphatic imine (C=N–C) groups is 4. The molecule has 0 radical (unpaired) electrons. The average molecular weight is 477 g/mol. The van der Waals surface area contributed by atoms with Gasteiger partial charge in [0.15, 0.2) is 5.82 Å². The van der Waals surface area contributed by atoms with Crippen LogP contribution in [0.3, 0.4) is 0 Å². The molecule has 0 bridgehead atoms. The monoisotopic (exact) mass is 476 g/mol. The third-order valence-electron chi connectivity index (χ3n) is 6.04. The Balaban J connectivity index is 2.17. The Morgan fingerprint density at radius 3 is 2.61 bits per heavy atom. The van der Waals surface area contributed by atoms with Crippen LogP contribution in [0.4, 0.5) is 8.78 Å². The zero-order chi connectivity index (χ0) is 24.3. The van der Waals surface area contributed by atoms with Crippen molar-refractivity contribution in [1.29, 1.82) is 0 Å². The molecule has 0 aromatic heterocycles. The van der Waals surface area contributed by atoms with Gasteiger partial charge in [-0.1, -0.05) is 44.9 Å². The number of alkyl halides is 2. The van der Waals surface area contributed by atoms with E-state index in [1.165, 1.54) is 19.2 Å². The lowest BCUT2D eigenvalue weighted by molar-refractivity contribution is 0.340. The Bertz CT molecular complexity index is 921. The van der Waals surface area contributed by atoms with Gasteiger partial charge < -0.3 is 0 Å². The molecule has 0 N–H and O–H groups in total. The highest BCUT2D eigenvalue weighted by Gasteiger charge is 2.31. The summed E-state index contributed by atoms with van der Waals surface area (Å²) >= 11 is 5.95. The van der Waals surface area contributed by atoms with Gasteiger partial charge in [0, 0.05) is 41.3 Å². The zero-order valence-corrected chi connectivity index (χ0v) is 20.7. The van der Waals surface area contributed by atoms with Crippen LogP contribution in [0.1, 0.15) is 89.4 Å². The summed E-state index contributed by atoms with van der Waals surface area (Å²) < 4.78 is 28.2. The summed E-state index contributed by atoms with van der Waals surface area (Å²) in [5.41, 5.74) is 2.03. The maximum Gasteiger partial charge on any atom is 0.156 e. The maximum atomic E-state index is 14.6. The van der Waals surface area contributed by atoms with Crippen molar-refractivity contribution in [2.24, 2.45) is 20.0 Å². The molecule has 2 atom stereocenters. The van der Waals surface area contributed by atoms with Gasteiger partial charge in [0.05, 0.1) is 5.54 Å². The van der Waals surface area contributed by atoms with Gasteiger partial charge in [0.1, 0.15) is 18.0 Å². The van der Waals surface area contributed by atoms with Crippen molar-refractivity contribution < 1.29 is 8.78 Å². The lowest BCUT2D eigenvalue weighted by Gasteiger charge is -2.34. The Hall–Kier alpha value is -2.21. The van der Waals surface area contributed by atoms with Crippen molar-refractivity contribution >= 4 is 36.5 Å². The van der Waals surface area contributed by atoms with E-state index in [4.69, 9.17) is 11.6 Å². The molecule has 2 unspecified atom stereocenters. The molecule has 0 spiro atoms. The highest BCUT2D eigenvalue weighted by Crippen LogP contribution is 2.34. The second-order valence-electron chi connectivity index (χ2n) is 8.36. The number of allylic oxidation sites excluding steroid dienone is 1. The lowest BCUT2D eigenvalue weighted by atomic mass is 9.82. The van der Waals surface area contributed by atoms with Crippen molar-refractivity contribution in [3.8, 4) is 0 Å². The molecule has 1 aliphatic rings. The normalized spacial score (nSPS) is 20.0. The van der Waals surface area contributed by atoms with Crippen LogP contribution in [0, 0.1) is 5.82 Å². The van der Waals surface area contributed by atoms with Crippen LogP contribution >= 0.6 is 11.6 Å². The van der Waals surface area contributed by atoms with Crippen molar-refractivity contribution in [2.45, 2.75) is 83.8 Å². The molecule has 1 aromatic carbocycles. The van der Waals surface area contributed by atoms with Gasteiger partial charge in [-0.2, -0.15) is 0 Å². The summed E-state index contributed by atoms with van der Waals surface area (Å²) in [6.07, 6.45) is 9.78. The van der Waals surface area contributed by atoms with Gasteiger partial charge in [-0.3, -0.25) is 9.98 Å². The Labute approximate surface area is 201 Å². The van der Waals surface area contributed by atoms with Crippen molar-refractivity contribution in [3.63, 3.8) is 0 Å². The molecule has 0 amide bonds. The highest BCUT2D eigenvalue weighted by molar-refractivity contribution is 6.18. The Kier molecular flexibility index (Phi) is 11.0. The standard InChI is InChI=1S/C26H35ClF2N4/c1-5-13-26(15-16-33-26)14-8-7-12-23(32-18-27)21(6-2)25(30-4)31-17-20-10-9-11-22(19(3)28)24(20)29/h9-11,16-17,19H,4-8,12-15,18H2,1-3H3/b25-21+,31-17+,32-23-. The summed E-state index contributed by atoms with van der Waals surface area (Å²) in [6, 6.07) is 4.74. The van der Waals surface area contributed by atoms with Crippen LogP contribution < -0.4 is 0 Å². The summed E-state index contributed by atoms with van der Waals surface area (Å²) in [5, 5.41) is 0. The second-order valence-corrected chi connectivity index (χ2v) is 8.60. The van der Waals surface area contributed by atoms with Crippen molar-refractivity contribution in [1.82, 2.24) is 0 Å². The molecule has 4 nitrogen and oxygen atoms in total. The predicted octanol–water partition coefficient (Wildman–Crippen LogP) is 7.81. The fourth-order valence-electron chi connectivity index (χ4n) is 4.23. The van der Waals surface area contributed by atoms with Gasteiger partial charge in [-0.15, -0.1) is 11.6 Å². The van der Waals surface area contributed by atoms with Gasteiger partial charge in [-0.05, 0) is 45.7 Å². The minimum atomic E-state index is -1.40. The van der Waals surface area contributed by atoms with Crippen LogP contribution in [-0.4, -0.2) is 36.4 Å². The van der Waals surface area contributed by atoms with E-state index in [9.17, 15) is 8.78 Å². The number of nitrogens with zero attached hydrogens (tertiary/aromatic N) is 4. The maximum absolute atomic E-state index is 14.6. The molecular formula is C26H35ClF2N4. The van der Waals surface area contributed by atoms with Gasteiger partial charge >= 0.3 is 0 Å². The van der Waals surface area contributed by atoms with Crippen LogP contribution in [0.2, 0.25) is 0 Å². The highest BCUT2D eigenvalue weighted by atomic mass is 35.5. The first-order valence-electron chi connectivity index (χ1n) is 11.7. The molecule has 7 heteroatoms. The summed E-state index contributed by atoms with van der Waals surface area (Å²) in [4.78, 5) is 17.6. The van der Waals surface area contributed by atoms with Crippen LogP contribution in [-0.2, 0) is 0 Å². The van der Waals surface area contributed by atoms with E-state index in [1.807, 2.05) is 13.1 Å². The number of hydrogen-bond acceptors (Lipinski definition) is 4.